The molecule has 2 aromatic rings. The van der Waals surface area contributed by atoms with Crippen molar-refractivity contribution in [2.24, 2.45) is 5.73 Å². The number of hydrogen-bond acceptors (Lipinski definition) is 1. The van der Waals surface area contributed by atoms with Crippen molar-refractivity contribution in [1.82, 2.24) is 0 Å². The first-order chi connectivity index (χ1) is 9.27. The van der Waals surface area contributed by atoms with Gasteiger partial charge in [0, 0.05) is 10.0 Å². The van der Waals surface area contributed by atoms with E-state index in [1.807, 2.05) is 0 Å². The van der Waals surface area contributed by atoms with Crippen molar-refractivity contribution in [3.05, 3.63) is 69.2 Å². The molecule has 2 rings (SSSR count). The zero-order valence-corrected chi connectivity index (χ0v) is 11.6. The molecule has 2 N–H and O–H groups in total. The van der Waals surface area contributed by atoms with Crippen LogP contribution in [0.1, 0.15) is 22.7 Å². The molecule has 6 heteroatoms. The Bertz CT molecular complexity index is 589. The molecule has 1 unspecified atom stereocenters. The summed E-state index contributed by atoms with van der Waals surface area (Å²) in [5, 5.41) is 0.852. The van der Waals surface area contributed by atoms with Gasteiger partial charge < -0.3 is 5.73 Å². The standard InChI is InChI=1S/C14H10Cl2F3N/c15-11-5-9(6-12(16)7-11)13(20)8-1-3-10(4-2-8)14(17,18)19/h1-7,13H,20H2. The van der Waals surface area contributed by atoms with Crippen LogP contribution in [-0.2, 0) is 6.18 Å². The molecule has 0 heterocycles. The van der Waals surface area contributed by atoms with Gasteiger partial charge in [-0.1, -0.05) is 35.3 Å². The smallest absolute Gasteiger partial charge is 0.320 e. The van der Waals surface area contributed by atoms with Crippen LogP contribution >= 0.6 is 23.2 Å². The van der Waals surface area contributed by atoms with E-state index in [9.17, 15) is 13.2 Å². The minimum atomic E-state index is -4.36. The summed E-state index contributed by atoms with van der Waals surface area (Å²) in [5.41, 5.74) is 6.50. The highest BCUT2D eigenvalue weighted by Crippen LogP contribution is 2.31. The molecule has 0 radical (unpaired) electrons. The molecule has 0 bridgehead atoms. The zero-order valence-electron chi connectivity index (χ0n) is 10.1. The highest BCUT2D eigenvalue weighted by molar-refractivity contribution is 6.34. The second-order valence-corrected chi connectivity index (χ2v) is 5.17. The Kier molecular flexibility index (Phi) is 4.28. The SMILES string of the molecule is NC(c1ccc(C(F)(F)F)cc1)c1cc(Cl)cc(Cl)c1. The number of halogens is 5. The summed E-state index contributed by atoms with van der Waals surface area (Å²) in [6.07, 6.45) is -4.36. The van der Waals surface area contributed by atoms with Gasteiger partial charge in [-0.25, -0.2) is 0 Å². The fourth-order valence-corrected chi connectivity index (χ4v) is 2.37. The fourth-order valence-electron chi connectivity index (χ4n) is 1.83. The van der Waals surface area contributed by atoms with Crippen molar-refractivity contribution >= 4 is 23.2 Å². The summed E-state index contributed by atoms with van der Waals surface area (Å²) in [6.45, 7) is 0. The molecule has 1 atom stereocenters. The number of rotatable bonds is 2. The lowest BCUT2D eigenvalue weighted by molar-refractivity contribution is -0.137. The first-order valence-corrected chi connectivity index (χ1v) is 6.41. The fraction of sp³-hybridized carbons (Fsp3) is 0.143. The molecule has 106 valence electrons. The largest absolute Gasteiger partial charge is 0.416 e. The Balaban J connectivity index is 2.31. The number of alkyl halides is 3. The molecule has 0 saturated heterocycles. The molecule has 0 saturated carbocycles. The molecule has 0 amide bonds. The maximum Gasteiger partial charge on any atom is 0.416 e. The molecule has 0 aliphatic rings. The average molecular weight is 320 g/mol. The van der Waals surface area contributed by atoms with E-state index in [1.54, 1.807) is 18.2 Å². The summed E-state index contributed by atoms with van der Waals surface area (Å²) in [6, 6.07) is 8.94. The Morgan fingerprint density at radius 2 is 1.35 bits per heavy atom. The van der Waals surface area contributed by atoms with Gasteiger partial charge in [-0.2, -0.15) is 13.2 Å². The van der Waals surface area contributed by atoms with Crippen LogP contribution in [-0.4, -0.2) is 0 Å². The molecule has 0 spiro atoms. The summed E-state index contributed by atoms with van der Waals surface area (Å²) in [4.78, 5) is 0. The Hall–Kier alpha value is -1.23. The highest BCUT2D eigenvalue weighted by atomic mass is 35.5. The van der Waals surface area contributed by atoms with E-state index in [0.717, 1.165) is 12.1 Å². The van der Waals surface area contributed by atoms with Crippen LogP contribution in [0.25, 0.3) is 0 Å². The lowest BCUT2D eigenvalue weighted by atomic mass is 9.98. The first-order valence-electron chi connectivity index (χ1n) is 5.66. The number of benzene rings is 2. The molecule has 0 aliphatic heterocycles. The Labute approximate surface area is 124 Å². The van der Waals surface area contributed by atoms with E-state index in [2.05, 4.69) is 0 Å². The Morgan fingerprint density at radius 1 is 0.850 bits per heavy atom. The van der Waals surface area contributed by atoms with Crippen molar-refractivity contribution in [3.63, 3.8) is 0 Å². The molecular formula is C14H10Cl2F3N. The second-order valence-electron chi connectivity index (χ2n) is 4.30. The van der Waals surface area contributed by atoms with Crippen LogP contribution in [0.4, 0.5) is 13.2 Å². The lowest BCUT2D eigenvalue weighted by Crippen LogP contribution is -2.12. The minimum Gasteiger partial charge on any atom is -0.320 e. The third-order valence-electron chi connectivity index (χ3n) is 2.84. The predicted molar refractivity (Wildman–Crippen MR) is 73.9 cm³/mol. The van der Waals surface area contributed by atoms with Gasteiger partial charge in [-0.3, -0.25) is 0 Å². The van der Waals surface area contributed by atoms with Crippen LogP contribution in [0, 0.1) is 0 Å². The van der Waals surface area contributed by atoms with Crippen molar-refractivity contribution in [1.29, 1.82) is 0 Å². The van der Waals surface area contributed by atoms with Crippen molar-refractivity contribution in [3.8, 4) is 0 Å². The molecule has 2 aromatic carbocycles. The summed E-state index contributed by atoms with van der Waals surface area (Å²) in [7, 11) is 0. The van der Waals surface area contributed by atoms with Crippen molar-refractivity contribution < 1.29 is 13.2 Å². The number of nitrogens with two attached hydrogens (primary N) is 1. The third-order valence-corrected chi connectivity index (χ3v) is 3.28. The highest BCUT2D eigenvalue weighted by Gasteiger charge is 2.30. The quantitative estimate of drug-likeness (QED) is 0.822. The van der Waals surface area contributed by atoms with Gasteiger partial charge in [0.1, 0.15) is 0 Å². The van der Waals surface area contributed by atoms with Crippen molar-refractivity contribution in [2.45, 2.75) is 12.2 Å². The third kappa shape index (κ3) is 3.45. The second kappa shape index (κ2) is 5.64. The topological polar surface area (TPSA) is 26.0 Å². The van der Waals surface area contributed by atoms with Gasteiger partial charge >= 0.3 is 6.18 Å². The zero-order chi connectivity index (χ0) is 14.9. The summed E-state index contributed by atoms with van der Waals surface area (Å²) < 4.78 is 37.4. The van der Waals surface area contributed by atoms with E-state index in [4.69, 9.17) is 28.9 Å². The van der Waals surface area contributed by atoms with E-state index >= 15 is 0 Å². The molecule has 0 fully saturated rings. The van der Waals surface area contributed by atoms with Crippen LogP contribution in [0.2, 0.25) is 10.0 Å². The van der Waals surface area contributed by atoms with Crippen LogP contribution in [0.15, 0.2) is 42.5 Å². The van der Waals surface area contributed by atoms with E-state index in [-0.39, 0.29) is 0 Å². The van der Waals surface area contributed by atoms with Gasteiger partial charge in [0.25, 0.3) is 0 Å². The van der Waals surface area contributed by atoms with Gasteiger partial charge in [-0.05, 0) is 41.5 Å². The summed E-state index contributed by atoms with van der Waals surface area (Å²) in [5.74, 6) is 0. The first kappa shape index (κ1) is 15.2. The minimum absolute atomic E-state index is 0.426. The van der Waals surface area contributed by atoms with Crippen molar-refractivity contribution in [2.75, 3.05) is 0 Å². The Morgan fingerprint density at radius 3 is 1.80 bits per heavy atom. The molecule has 0 aliphatic carbocycles. The van der Waals surface area contributed by atoms with Crippen LogP contribution < -0.4 is 5.73 Å². The maximum absolute atomic E-state index is 12.5. The molecule has 0 aromatic heterocycles. The van der Waals surface area contributed by atoms with Gasteiger partial charge in [0.05, 0.1) is 11.6 Å². The maximum atomic E-state index is 12.5. The van der Waals surface area contributed by atoms with E-state index in [1.165, 1.54) is 12.1 Å². The van der Waals surface area contributed by atoms with E-state index in [0.29, 0.717) is 21.2 Å². The van der Waals surface area contributed by atoms with E-state index < -0.39 is 17.8 Å². The van der Waals surface area contributed by atoms with Gasteiger partial charge in [0.2, 0.25) is 0 Å². The van der Waals surface area contributed by atoms with Crippen LogP contribution in [0.3, 0.4) is 0 Å². The summed E-state index contributed by atoms with van der Waals surface area (Å²) >= 11 is 11.8. The van der Waals surface area contributed by atoms with Gasteiger partial charge in [-0.15, -0.1) is 0 Å². The lowest BCUT2D eigenvalue weighted by Gasteiger charge is -2.14. The normalized spacial score (nSPS) is 13.3. The number of hydrogen-bond donors (Lipinski definition) is 1. The average Bonchev–Trinajstić information content (AvgIpc) is 2.36. The molecule has 1 nitrogen and oxygen atoms in total. The van der Waals surface area contributed by atoms with Crippen LogP contribution in [0.5, 0.6) is 0 Å². The molecular weight excluding hydrogens is 310 g/mol. The molecule has 20 heavy (non-hydrogen) atoms. The van der Waals surface area contributed by atoms with Gasteiger partial charge in [0.15, 0.2) is 0 Å². The predicted octanol–water partition coefficient (Wildman–Crippen LogP) is 5.06. The monoisotopic (exact) mass is 319 g/mol.